The van der Waals surface area contributed by atoms with Crippen LogP contribution >= 0.6 is 0 Å². The fraction of sp³-hybridized carbons (Fsp3) is 0.579. The van der Waals surface area contributed by atoms with Crippen molar-refractivity contribution in [3.8, 4) is 11.1 Å². The summed E-state index contributed by atoms with van der Waals surface area (Å²) in [5.41, 5.74) is 1.89. The van der Waals surface area contributed by atoms with Gasteiger partial charge in [0.25, 0.3) is 11.7 Å². The van der Waals surface area contributed by atoms with Crippen LogP contribution in [0.2, 0.25) is 0 Å². The van der Waals surface area contributed by atoms with Gasteiger partial charge in [-0.15, -0.1) is 0 Å². The summed E-state index contributed by atoms with van der Waals surface area (Å²) in [6.45, 7) is -1.34. The van der Waals surface area contributed by atoms with Gasteiger partial charge in [-0.25, -0.2) is 9.59 Å². The first kappa shape index (κ1) is 47.6. The molecule has 3 amide bonds. The Bertz CT molecular complexity index is 1790. The molecule has 3 heterocycles. The van der Waals surface area contributed by atoms with Crippen molar-refractivity contribution < 1.29 is 98.7 Å². The predicted octanol–water partition coefficient (Wildman–Crippen LogP) is -4.19. The molecule has 2 aromatic carbocycles. The third-order valence-electron chi connectivity index (χ3n) is 10.5. The second kappa shape index (κ2) is 20.6. The number of ether oxygens (including phenoxy) is 6. The van der Waals surface area contributed by atoms with Crippen LogP contribution in [0.15, 0.2) is 54.6 Å². The molecule has 0 bridgehead atoms. The third kappa shape index (κ3) is 11.0. The number of rotatable bonds is 16. The van der Waals surface area contributed by atoms with Gasteiger partial charge in [0.15, 0.2) is 12.6 Å². The van der Waals surface area contributed by atoms with Crippen LogP contribution in [-0.4, -0.2) is 199 Å². The van der Waals surface area contributed by atoms with Crippen molar-refractivity contribution in [3.05, 3.63) is 60.2 Å². The van der Waals surface area contributed by atoms with Crippen molar-refractivity contribution in [3.63, 3.8) is 0 Å². The lowest BCUT2D eigenvalue weighted by Crippen LogP contribution is -2.69. The molecule has 13 N–H and O–H groups in total. The van der Waals surface area contributed by atoms with Crippen LogP contribution in [0.25, 0.3) is 11.1 Å². The Morgan fingerprint density at radius 2 is 1.46 bits per heavy atom. The summed E-state index contributed by atoms with van der Waals surface area (Å²) in [7, 11) is 1.21. The second-order valence-corrected chi connectivity index (χ2v) is 14.7. The molecule has 2 aromatic rings. The zero-order chi connectivity index (χ0) is 44.8. The van der Waals surface area contributed by atoms with E-state index in [0.29, 0.717) is 0 Å². The molecule has 0 aliphatic carbocycles. The number of aliphatic hydroxyl groups is 8. The Labute approximate surface area is 347 Å². The highest BCUT2D eigenvalue weighted by atomic mass is 16.8. The summed E-state index contributed by atoms with van der Waals surface area (Å²) in [4.78, 5) is 49.3. The molecule has 0 saturated carbocycles. The van der Waals surface area contributed by atoms with E-state index < -0.39 is 148 Å². The number of carbonyl (C=O) groups is 4. The van der Waals surface area contributed by atoms with E-state index in [1.807, 2.05) is 35.6 Å². The van der Waals surface area contributed by atoms with Crippen LogP contribution in [0.5, 0.6) is 0 Å². The van der Waals surface area contributed by atoms with Crippen LogP contribution in [0.3, 0.4) is 0 Å². The summed E-state index contributed by atoms with van der Waals surface area (Å²) in [5, 5.41) is 113. The van der Waals surface area contributed by atoms with Crippen LogP contribution in [0.4, 0.5) is 4.79 Å². The van der Waals surface area contributed by atoms with Gasteiger partial charge in [-0.2, -0.15) is 0 Å². The first-order chi connectivity index (χ1) is 28.9. The zero-order valence-electron chi connectivity index (χ0n) is 32.7. The largest absolute Gasteiger partial charge is 0.477 e. The van der Waals surface area contributed by atoms with E-state index in [0.717, 1.165) is 18.1 Å². The van der Waals surface area contributed by atoms with Gasteiger partial charge in [-0.1, -0.05) is 42.5 Å². The van der Waals surface area contributed by atoms with Gasteiger partial charge >= 0.3 is 12.1 Å². The van der Waals surface area contributed by atoms with E-state index in [1.54, 1.807) is 12.1 Å². The summed E-state index contributed by atoms with van der Waals surface area (Å²) in [6, 6.07) is 12.7. The highest BCUT2D eigenvalue weighted by Gasteiger charge is 2.57. The first-order valence-electron chi connectivity index (χ1n) is 19.0. The first-order valence-corrected chi connectivity index (χ1v) is 19.0. The number of hydrogen-bond acceptors (Lipinski definition) is 18. The summed E-state index contributed by atoms with van der Waals surface area (Å²) >= 11 is 0. The highest BCUT2D eigenvalue weighted by Crippen LogP contribution is 2.36. The smallest absolute Gasteiger partial charge is 0.405 e. The number of aliphatic carboxylic acids is 1. The number of carboxylic acids is 1. The van der Waals surface area contributed by atoms with E-state index in [2.05, 4.69) is 10.6 Å². The molecule has 23 nitrogen and oxygen atoms in total. The predicted molar refractivity (Wildman–Crippen MR) is 201 cm³/mol. The minimum Gasteiger partial charge on any atom is -0.477 e. The zero-order valence-corrected chi connectivity index (χ0v) is 32.7. The molecule has 16 atom stereocenters. The monoisotopic (exact) mass is 869 g/mol. The molecule has 23 heteroatoms. The maximum absolute atomic E-state index is 12.9. The Balaban J connectivity index is 1.29. The number of nitrogens with one attached hydrogen (secondary N) is 3. The van der Waals surface area contributed by atoms with Gasteiger partial charge in [-0.05, 0) is 23.3 Å². The summed E-state index contributed by atoms with van der Waals surface area (Å²) in [5.74, 6) is -6.20. The minimum absolute atomic E-state index is 0.178. The van der Waals surface area contributed by atoms with Crippen molar-refractivity contribution in [1.82, 2.24) is 16.0 Å². The maximum atomic E-state index is 12.9. The molecule has 0 radical (unpaired) electrons. The Morgan fingerprint density at radius 1 is 0.820 bits per heavy atom. The molecule has 0 spiro atoms. The maximum Gasteiger partial charge on any atom is 0.405 e. The lowest BCUT2D eigenvalue weighted by atomic mass is 9.88. The fourth-order valence-corrected chi connectivity index (χ4v) is 7.30. The molecule has 3 aliphatic rings. The van der Waals surface area contributed by atoms with Crippen LogP contribution in [-0.2, 0) is 38.0 Å². The van der Waals surface area contributed by atoms with Crippen molar-refractivity contribution in [2.75, 3.05) is 26.9 Å². The Morgan fingerprint density at radius 3 is 2.05 bits per heavy atom. The van der Waals surface area contributed by atoms with Crippen molar-refractivity contribution in [2.45, 2.75) is 111 Å². The van der Waals surface area contributed by atoms with E-state index in [1.165, 1.54) is 19.2 Å². The number of hydrogen-bond donors (Lipinski definition) is 13. The average molecular weight is 870 g/mol. The van der Waals surface area contributed by atoms with Crippen molar-refractivity contribution in [1.29, 1.82) is 0 Å². The average Bonchev–Trinajstić information content (AvgIpc) is 3.24. The fourth-order valence-electron chi connectivity index (χ4n) is 7.30. The van der Waals surface area contributed by atoms with Crippen molar-refractivity contribution >= 4 is 23.9 Å². The van der Waals surface area contributed by atoms with Gasteiger partial charge in [0.05, 0.1) is 31.5 Å². The minimum atomic E-state index is -2.97. The van der Waals surface area contributed by atoms with Gasteiger partial charge in [-0.3, -0.25) is 9.59 Å². The van der Waals surface area contributed by atoms with Crippen LogP contribution < -0.4 is 16.0 Å². The van der Waals surface area contributed by atoms with Crippen LogP contribution in [0, 0.1) is 0 Å². The van der Waals surface area contributed by atoms with Gasteiger partial charge in [0, 0.05) is 32.6 Å². The number of aliphatic hydroxyl groups excluding tert-OH is 8. The van der Waals surface area contributed by atoms with Crippen molar-refractivity contribution in [2.24, 2.45) is 0 Å². The van der Waals surface area contributed by atoms with Gasteiger partial charge in [0.1, 0.15) is 61.0 Å². The normalized spacial score (nSPS) is 35.0. The summed E-state index contributed by atoms with van der Waals surface area (Å²) < 4.78 is 33.3. The standard InChI is InChI=1S/C38H51N3O20/c1-16(43)40-25-28(48)31(22(14-42)58-34(25)56-2)60-35-30(50)29(49)27(47)23(59-35)15-57-38(36(52)53)12-20(44)24(41-37(54)55)32(61-38)26(46)21(45)13-39-33(51)19-10-8-18(9-11-19)17-6-4-3-5-7-17/h3-11,20-32,34-35,41-42,44-50H,12-15H2,1-2H3,(H,39,51)(H,40,43)(H,52,53)(H,54,55)/t20-,21+,22?,23?,24+,25?,26+,27-,28+,29-,30?,31-,32?,34+,35-,38+/m0/s1. The Kier molecular flexibility index (Phi) is 16.1. The molecule has 5 unspecified atom stereocenters. The molecule has 3 aliphatic heterocycles. The topological polar surface area (TPSA) is 362 Å². The SMILES string of the molecule is CO[C@@H]1OC(CO)[C@H](O[C@@H]2OC(CO[C@]3(C(=O)O)C[C@H](O)[C@@H](NC(=O)O)C([C@H](O)[C@H](O)CNC(=O)c4ccc(-c5ccccc5)cc4)O3)[C@H](O)[C@H](O)C2O)[C@H](O)C1NC(C)=O. The number of carboxylic acid groups (broad SMARTS) is 2. The number of methoxy groups -OCH3 is 1. The van der Waals surface area contributed by atoms with E-state index in [-0.39, 0.29) is 5.56 Å². The van der Waals surface area contributed by atoms with Gasteiger partial charge < -0.3 is 95.4 Å². The molecule has 0 aromatic heterocycles. The van der Waals surface area contributed by atoms with Gasteiger partial charge in [0.2, 0.25) is 5.91 Å². The molecule has 338 valence electrons. The van der Waals surface area contributed by atoms with Crippen LogP contribution in [0.1, 0.15) is 23.7 Å². The number of benzene rings is 2. The number of carbonyl (C=O) groups excluding carboxylic acids is 2. The highest BCUT2D eigenvalue weighted by molar-refractivity contribution is 5.94. The molecule has 5 rings (SSSR count). The quantitative estimate of drug-likeness (QED) is 0.0761. The molecular weight excluding hydrogens is 818 g/mol. The molecule has 61 heavy (non-hydrogen) atoms. The summed E-state index contributed by atoms with van der Waals surface area (Å²) in [6.07, 6.45) is -26.8. The molecule has 3 saturated heterocycles. The van der Waals surface area contributed by atoms with E-state index in [9.17, 15) is 70.2 Å². The van der Waals surface area contributed by atoms with E-state index in [4.69, 9.17) is 28.4 Å². The molecular formula is C38H51N3O20. The third-order valence-corrected chi connectivity index (χ3v) is 10.5. The number of amides is 3. The lowest BCUT2D eigenvalue weighted by Gasteiger charge is -2.48. The Hall–Kier alpha value is -4.44. The molecule has 3 fully saturated rings. The lowest BCUT2D eigenvalue weighted by molar-refractivity contribution is -0.359. The van der Waals surface area contributed by atoms with E-state index >= 15 is 0 Å². The second-order valence-electron chi connectivity index (χ2n) is 14.7.